The van der Waals surface area contributed by atoms with Gasteiger partial charge in [-0.25, -0.2) is 18.1 Å². The molecule has 0 bridgehead atoms. The molecule has 0 saturated heterocycles. The van der Waals surface area contributed by atoms with Gasteiger partial charge in [0.1, 0.15) is 0 Å². The van der Waals surface area contributed by atoms with Gasteiger partial charge in [0.05, 0.1) is 11.2 Å². The highest BCUT2D eigenvalue weighted by molar-refractivity contribution is 7.89. The summed E-state index contributed by atoms with van der Waals surface area (Å²) in [6.45, 7) is 2.42. The van der Waals surface area contributed by atoms with Gasteiger partial charge in [-0.3, -0.25) is 0 Å². The summed E-state index contributed by atoms with van der Waals surface area (Å²) in [5, 5.41) is 0. The number of imidazole rings is 1. The molecule has 0 fully saturated rings. The second-order valence-corrected chi connectivity index (χ2v) is 7.63. The largest absolute Gasteiger partial charge is 0.336 e. The zero-order valence-electron chi connectivity index (χ0n) is 12.7. The highest BCUT2D eigenvalue weighted by atomic mass is 32.2. The Morgan fingerprint density at radius 2 is 2.05 bits per heavy atom. The quantitative estimate of drug-likeness (QED) is 0.918. The number of sulfonamides is 1. The highest BCUT2D eigenvalue weighted by Gasteiger charge is 2.20. The van der Waals surface area contributed by atoms with Gasteiger partial charge >= 0.3 is 0 Å². The van der Waals surface area contributed by atoms with E-state index in [2.05, 4.69) is 9.71 Å². The maximum atomic E-state index is 12.5. The van der Waals surface area contributed by atoms with Gasteiger partial charge < -0.3 is 4.57 Å². The number of hydrogen-bond acceptors (Lipinski definition) is 3. The van der Waals surface area contributed by atoms with Crippen molar-refractivity contribution in [3.8, 4) is 0 Å². The number of aromatic nitrogens is 2. The summed E-state index contributed by atoms with van der Waals surface area (Å²) in [6, 6.07) is 5.32. The minimum atomic E-state index is -3.48. The zero-order valence-corrected chi connectivity index (χ0v) is 13.5. The molecule has 0 spiro atoms. The topological polar surface area (TPSA) is 64.0 Å². The lowest BCUT2D eigenvalue weighted by molar-refractivity contribution is 0.520. The van der Waals surface area contributed by atoms with Crippen molar-refractivity contribution in [1.29, 1.82) is 0 Å². The van der Waals surface area contributed by atoms with Crippen molar-refractivity contribution in [1.82, 2.24) is 14.3 Å². The maximum Gasteiger partial charge on any atom is 0.240 e. The smallest absolute Gasteiger partial charge is 0.240 e. The molecule has 1 atom stereocenters. The predicted octanol–water partition coefficient (Wildman–Crippen LogP) is 2.13. The molecule has 1 aromatic heterocycles. The minimum absolute atomic E-state index is 0.199. The van der Waals surface area contributed by atoms with Crippen molar-refractivity contribution in [2.24, 2.45) is 0 Å². The molecule has 6 heteroatoms. The summed E-state index contributed by atoms with van der Waals surface area (Å²) in [6.07, 6.45) is 9.56. The Balaban J connectivity index is 1.74. The van der Waals surface area contributed by atoms with Crippen LogP contribution >= 0.6 is 0 Å². The second kappa shape index (κ2) is 6.22. The SMILES string of the molecule is C[C@H](Cn1ccnc1)NS(=O)(=O)c1ccc2c(c1)CCCC2. The van der Waals surface area contributed by atoms with E-state index in [1.807, 2.05) is 29.8 Å². The third-order valence-corrected chi connectivity index (χ3v) is 5.62. The molecule has 1 aliphatic rings. The summed E-state index contributed by atoms with van der Waals surface area (Å²) in [5.74, 6) is 0. The molecule has 0 saturated carbocycles. The summed E-state index contributed by atoms with van der Waals surface area (Å²) in [4.78, 5) is 4.33. The summed E-state index contributed by atoms with van der Waals surface area (Å²) in [5.41, 5.74) is 2.47. The molecule has 1 aromatic carbocycles. The van der Waals surface area contributed by atoms with Crippen molar-refractivity contribution in [2.45, 2.75) is 50.1 Å². The summed E-state index contributed by atoms with van der Waals surface area (Å²) in [7, 11) is -3.48. The van der Waals surface area contributed by atoms with E-state index in [1.165, 1.54) is 17.5 Å². The molecule has 5 nitrogen and oxygen atoms in total. The number of nitrogens with zero attached hydrogens (tertiary/aromatic N) is 2. The van der Waals surface area contributed by atoms with Crippen LogP contribution < -0.4 is 4.72 Å². The van der Waals surface area contributed by atoms with Crippen molar-refractivity contribution < 1.29 is 8.42 Å². The molecular formula is C16H21N3O2S. The first kappa shape index (κ1) is 15.2. The van der Waals surface area contributed by atoms with Crippen LogP contribution in [0.1, 0.15) is 30.9 Å². The van der Waals surface area contributed by atoms with Crippen LogP contribution in [0.2, 0.25) is 0 Å². The normalized spacial score (nSPS) is 16.2. The lowest BCUT2D eigenvalue weighted by Crippen LogP contribution is -2.35. The Morgan fingerprint density at radius 3 is 2.77 bits per heavy atom. The average molecular weight is 319 g/mol. The highest BCUT2D eigenvalue weighted by Crippen LogP contribution is 2.24. The first-order chi connectivity index (χ1) is 10.5. The molecule has 118 valence electrons. The summed E-state index contributed by atoms with van der Waals surface area (Å²) >= 11 is 0. The van der Waals surface area contributed by atoms with E-state index in [4.69, 9.17) is 0 Å². The van der Waals surface area contributed by atoms with Crippen molar-refractivity contribution in [3.05, 3.63) is 48.0 Å². The molecule has 0 radical (unpaired) electrons. The molecular weight excluding hydrogens is 298 g/mol. The Kier molecular flexibility index (Phi) is 4.31. The van der Waals surface area contributed by atoms with Gasteiger partial charge in [-0.15, -0.1) is 0 Å². The van der Waals surface area contributed by atoms with Gasteiger partial charge in [0.25, 0.3) is 0 Å². The van der Waals surface area contributed by atoms with Gasteiger partial charge in [-0.05, 0) is 55.9 Å². The van der Waals surface area contributed by atoms with E-state index in [9.17, 15) is 8.42 Å². The molecule has 1 heterocycles. The lowest BCUT2D eigenvalue weighted by atomic mass is 9.92. The fourth-order valence-electron chi connectivity index (χ4n) is 2.96. The van der Waals surface area contributed by atoms with Crippen molar-refractivity contribution in [3.63, 3.8) is 0 Å². The maximum absolute atomic E-state index is 12.5. The van der Waals surface area contributed by atoms with Crippen LogP contribution in [0.25, 0.3) is 0 Å². The molecule has 0 unspecified atom stereocenters. The van der Waals surface area contributed by atoms with Crippen molar-refractivity contribution in [2.75, 3.05) is 0 Å². The van der Waals surface area contributed by atoms with Crippen LogP contribution in [-0.2, 0) is 29.4 Å². The van der Waals surface area contributed by atoms with Crippen LogP contribution in [0, 0.1) is 0 Å². The van der Waals surface area contributed by atoms with Gasteiger partial charge in [-0.1, -0.05) is 6.07 Å². The number of nitrogens with one attached hydrogen (secondary N) is 1. The van der Waals surface area contributed by atoms with E-state index in [0.29, 0.717) is 11.4 Å². The molecule has 22 heavy (non-hydrogen) atoms. The average Bonchev–Trinajstić information content (AvgIpc) is 2.99. The van der Waals surface area contributed by atoms with Crippen LogP contribution in [0.4, 0.5) is 0 Å². The number of hydrogen-bond donors (Lipinski definition) is 1. The van der Waals surface area contributed by atoms with E-state index < -0.39 is 10.0 Å². The third kappa shape index (κ3) is 3.39. The zero-order chi connectivity index (χ0) is 15.6. The van der Waals surface area contributed by atoms with E-state index >= 15 is 0 Å². The Bertz CT molecular complexity index is 739. The molecule has 0 aliphatic heterocycles. The van der Waals surface area contributed by atoms with Crippen LogP contribution in [0.15, 0.2) is 41.8 Å². The number of aryl methyl sites for hydroxylation is 2. The van der Waals surface area contributed by atoms with Crippen LogP contribution in [0.3, 0.4) is 0 Å². The third-order valence-electron chi connectivity index (χ3n) is 4.03. The second-order valence-electron chi connectivity index (χ2n) is 5.92. The molecule has 2 aromatic rings. The van der Waals surface area contributed by atoms with Crippen LogP contribution in [-0.4, -0.2) is 24.0 Å². The van der Waals surface area contributed by atoms with Gasteiger partial charge in [0, 0.05) is 25.0 Å². The van der Waals surface area contributed by atoms with Gasteiger partial charge in [0.2, 0.25) is 10.0 Å². The standard InChI is InChI=1S/C16H21N3O2S/c1-13(11-19-9-8-17-12-19)18-22(20,21)16-7-6-14-4-2-3-5-15(14)10-16/h6-10,12-13,18H,2-5,11H2,1H3/t13-/m1/s1. The first-order valence-electron chi connectivity index (χ1n) is 7.64. The fraction of sp³-hybridized carbons (Fsp3) is 0.438. The molecule has 1 N–H and O–H groups in total. The number of rotatable bonds is 5. The molecule has 1 aliphatic carbocycles. The van der Waals surface area contributed by atoms with Crippen molar-refractivity contribution >= 4 is 10.0 Å². The lowest BCUT2D eigenvalue weighted by Gasteiger charge is -2.18. The first-order valence-corrected chi connectivity index (χ1v) is 9.13. The predicted molar refractivity (Wildman–Crippen MR) is 85.1 cm³/mol. The van der Waals surface area contributed by atoms with E-state index in [1.54, 1.807) is 18.6 Å². The summed E-state index contributed by atoms with van der Waals surface area (Å²) < 4.78 is 29.6. The Labute approximate surface area is 131 Å². The molecule has 0 amide bonds. The Hall–Kier alpha value is -1.66. The van der Waals surface area contributed by atoms with E-state index in [-0.39, 0.29) is 6.04 Å². The fourth-order valence-corrected chi connectivity index (χ4v) is 4.24. The van der Waals surface area contributed by atoms with Gasteiger partial charge in [0.15, 0.2) is 0 Å². The molecule has 3 rings (SSSR count). The Morgan fingerprint density at radius 1 is 1.27 bits per heavy atom. The minimum Gasteiger partial charge on any atom is -0.336 e. The number of fused-ring (bicyclic) bond motifs is 1. The van der Waals surface area contributed by atoms with Crippen LogP contribution in [0.5, 0.6) is 0 Å². The number of benzene rings is 1. The van der Waals surface area contributed by atoms with Gasteiger partial charge in [-0.2, -0.15) is 0 Å². The monoisotopic (exact) mass is 319 g/mol. The van der Waals surface area contributed by atoms with E-state index in [0.717, 1.165) is 19.3 Å².